The molecule has 0 unspecified atom stereocenters. The molecule has 10 heteroatoms. The van der Waals surface area contributed by atoms with Crippen LogP contribution in [0.5, 0.6) is 11.5 Å². The Morgan fingerprint density at radius 3 is 2.68 bits per heavy atom. The van der Waals surface area contributed by atoms with E-state index in [0.29, 0.717) is 22.4 Å². The van der Waals surface area contributed by atoms with Crippen molar-refractivity contribution < 1.29 is 24.0 Å². The first kappa shape index (κ1) is 21.0. The van der Waals surface area contributed by atoms with Crippen LogP contribution in [-0.4, -0.2) is 29.6 Å². The van der Waals surface area contributed by atoms with E-state index in [2.05, 4.69) is 26.5 Å². The van der Waals surface area contributed by atoms with E-state index in [0.717, 1.165) is 0 Å². The predicted molar refractivity (Wildman–Crippen MR) is 105 cm³/mol. The fraction of sp³-hybridized carbons (Fsp3) is 0.167. The third kappa shape index (κ3) is 5.36. The third-order valence-electron chi connectivity index (χ3n) is 3.30. The second-order valence-corrected chi connectivity index (χ2v) is 6.18. The zero-order valence-corrected chi connectivity index (χ0v) is 16.6. The van der Waals surface area contributed by atoms with Gasteiger partial charge in [-0.1, -0.05) is 12.1 Å². The Morgan fingerprint density at radius 2 is 2.04 bits per heavy atom. The number of benzene rings is 2. The molecule has 0 atom stereocenters. The van der Waals surface area contributed by atoms with Crippen molar-refractivity contribution in [3.63, 3.8) is 0 Å². The lowest BCUT2D eigenvalue weighted by Crippen LogP contribution is -2.19. The van der Waals surface area contributed by atoms with E-state index in [-0.39, 0.29) is 17.0 Å². The van der Waals surface area contributed by atoms with E-state index in [4.69, 9.17) is 9.47 Å². The van der Waals surface area contributed by atoms with E-state index in [9.17, 15) is 19.7 Å². The van der Waals surface area contributed by atoms with Crippen LogP contribution < -0.4 is 14.9 Å². The van der Waals surface area contributed by atoms with Crippen molar-refractivity contribution in [1.29, 1.82) is 0 Å². The number of nitro benzene ring substituents is 1. The first-order valence-electron chi connectivity index (χ1n) is 8.05. The highest BCUT2D eigenvalue weighted by molar-refractivity contribution is 9.10. The Morgan fingerprint density at radius 1 is 1.32 bits per heavy atom. The highest BCUT2D eigenvalue weighted by atomic mass is 79.9. The summed E-state index contributed by atoms with van der Waals surface area (Å²) in [5.74, 6) is -0.669. The summed E-state index contributed by atoms with van der Waals surface area (Å²) in [4.78, 5) is 33.8. The fourth-order valence-corrected chi connectivity index (χ4v) is 2.76. The maximum Gasteiger partial charge on any atom is 0.308 e. The Bertz CT molecular complexity index is 945. The molecule has 28 heavy (non-hydrogen) atoms. The van der Waals surface area contributed by atoms with E-state index >= 15 is 0 Å². The number of hydrazone groups is 1. The molecule has 0 radical (unpaired) electrons. The number of nitrogens with one attached hydrogen (secondary N) is 1. The minimum absolute atomic E-state index is 0.106. The zero-order chi connectivity index (χ0) is 20.7. The average molecular weight is 450 g/mol. The summed E-state index contributed by atoms with van der Waals surface area (Å²) >= 11 is 3.30. The zero-order valence-electron chi connectivity index (χ0n) is 15.0. The van der Waals surface area contributed by atoms with Gasteiger partial charge in [0.1, 0.15) is 5.56 Å². The van der Waals surface area contributed by atoms with Gasteiger partial charge < -0.3 is 9.47 Å². The van der Waals surface area contributed by atoms with E-state index in [1.165, 1.54) is 37.4 Å². The molecule has 0 aromatic heterocycles. The number of esters is 1. The summed E-state index contributed by atoms with van der Waals surface area (Å²) in [6, 6.07) is 8.74. The van der Waals surface area contributed by atoms with E-state index in [1.807, 2.05) is 0 Å². The van der Waals surface area contributed by atoms with Gasteiger partial charge in [-0.05, 0) is 46.6 Å². The molecule has 0 saturated heterocycles. The van der Waals surface area contributed by atoms with Gasteiger partial charge in [0, 0.05) is 13.0 Å². The molecule has 0 aliphatic heterocycles. The van der Waals surface area contributed by atoms with Crippen LogP contribution in [0.25, 0.3) is 0 Å². The molecule has 1 amide bonds. The number of hydrogen-bond donors (Lipinski definition) is 1. The highest BCUT2D eigenvalue weighted by Gasteiger charge is 2.18. The molecule has 146 valence electrons. The summed E-state index contributed by atoms with van der Waals surface area (Å²) in [5.41, 5.74) is 2.36. The minimum atomic E-state index is -0.718. The molecule has 2 aromatic rings. The molecular formula is C18H16BrN3O6. The van der Waals surface area contributed by atoms with E-state index in [1.54, 1.807) is 19.1 Å². The number of nitro groups is 1. The number of ether oxygens (including phenoxy) is 2. The molecule has 0 aliphatic carbocycles. The largest absolute Gasteiger partial charge is 0.490 e. The molecule has 0 heterocycles. The van der Waals surface area contributed by atoms with Crippen molar-refractivity contribution in [2.24, 2.45) is 5.10 Å². The number of amides is 1. The van der Waals surface area contributed by atoms with Crippen LogP contribution in [0.1, 0.15) is 29.8 Å². The lowest BCUT2D eigenvalue weighted by Gasteiger charge is -2.12. The minimum Gasteiger partial charge on any atom is -0.490 e. The monoisotopic (exact) mass is 449 g/mol. The Labute approximate surface area is 168 Å². The number of rotatable bonds is 7. The summed E-state index contributed by atoms with van der Waals surface area (Å²) in [5, 5.41) is 14.8. The predicted octanol–water partition coefficient (Wildman–Crippen LogP) is 3.45. The van der Waals surface area contributed by atoms with Gasteiger partial charge in [0.25, 0.3) is 11.6 Å². The molecule has 2 aromatic carbocycles. The van der Waals surface area contributed by atoms with Crippen LogP contribution in [0.2, 0.25) is 0 Å². The number of carbonyl (C=O) groups is 2. The van der Waals surface area contributed by atoms with Crippen molar-refractivity contribution in [2.45, 2.75) is 13.8 Å². The highest BCUT2D eigenvalue weighted by Crippen LogP contribution is 2.36. The SMILES string of the molecule is CCOc1cc(/C=N\NC(=O)c2ccccc2[N+](=O)[O-])cc(Br)c1OC(C)=O. The Balaban J connectivity index is 2.21. The molecule has 2 rings (SSSR count). The van der Waals surface area contributed by atoms with Crippen LogP contribution in [0.15, 0.2) is 46.0 Å². The van der Waals surface area contributed by atoms with Crippen LogP contribution in [0, 0.1) is 10.1 Å². The maximum absolute atomic E-state index is 12.2. The van der Waals surface area contributed by atoms with Crippen LogP contribution >= 0.6 is 15.9 Å². The number of halogens is 1. The van der Waals surface area contributed by atoms with Gasteiger partial charge in [0.05, 0.1) is 22.2 Å². The summed E-state index contributed by atoms with van der Waals surface area (Å²) in [7, 11) is 0. The second-order valence-electron chi connectivity index (χ2n) is 5.33. The maximum atomic E-state index is 12.2. The molecule has 9 nitrogen and oxygen atoms in total. The summed E-state index contributed by atoms with van der Waals surface area (Å²) < 4.78 is 11.1. The average Bonchev–Trinajstić information content (AvgIpc) is 2.64. The second kappa shape index (κ2) is 9.60. The quantitative estimate of drug-likeness (QED) is 0.227. The number of nitrogens with zero attached hydrogens (tertiary/aromatic N) is 2. The standard InChI is InChI=1S/C18H16BrN3O6/c1-3-27-16-9-12(8-14(19)17(16)28-11(2)23)10-20-21-18(24)13-6-4-5-7-15(13)22(25)26/h4-10H,3H2,1-2H3,(H,21,24)/b20-10-. The van der Waals surface area contributed by atoms with Crippen molar-refractivity contribution in [2.75, 3.05) is 6.61 Å². The van der Waals surface area contributed by atoms with Gasteiger partial charge in [0.2, 0.25) is 0 Å². The Hall–Kier alpha value is -3.27. The number of para-hydroxylation sites is 1. The molecule has 0 bridgehead atoms. The summed E-state index contributed by atoms with van der Waals surface area (Å²) in [6.07, 6.45) is 1.33. The van der Waals surface area contributed by atoms with Gasteiger partial charge >= 0.3 is 5.97 Å². The first-order chi connectivity index (χ1) is 13.3. The molecule has 0 saturated carbocycles. The molecule has 0 spiro atoms. The van der Waals surface area contributed by atoms with Gasteiger partial charge in [-0.25, -0.2) is 5.43 Å². The lowest BCUT2D eigenvalue weighted by molar-refractivity contribution is -0.385. The number of hydrogen-bond acceptors (Lipinski definition) is 7. The molecular weight excluding hydrogens is 434 g/mol. The van der Waals surface area contributed by atoms with Crippen molar-refractivity contribution in [3.8, 4) is 11.5 Å². The van der Waals surface area contributed by atoms with Crippen LogP contribution in [0.3, 0.4) is 0 Å². The third-order valence-corrected chi connectivity index (χ3v) is 3.89. The van der Waals surface area contributed by atoms with E-state index < -0.39 is 16.8 Å². The fourth-order valence-electron chi connectivity index (χ4n) is 2.22. The summed E-state index contributed by atoms with van der Waals surface area (Å²) in [6.45, 7) is 3.39. The smallest absolute Gasteiger partial charge is 0.308 e. The number of carbonyl (C=O) groups excluding carboxylic acids is 2. The van der Waals surface area contributed by atoms with Gasteiger partial charge in [0.15, 0.2) is 11.5 Å². The Kier molecular flexibility index (Phi) is 7.21. The van der Waals surface area contributed by atoms with Crippen molar-refractivity contribution in [3.05, 3.63) is 62.1 Å². The van der Waals surface area contributed by atoms with Crippen LogP contribution in [-0.2, 0) is 4.79 Å². The van der Waals surface area contributed by atoms with Gasteiger partial charge in [-0.2, -0.15) is 5.10 Å². The van der Waals surface area contributed by atoms with Gasteiger partial charge in [-0.15, -0.1) is 0 Å². The molecule has 0 fully saturated rings. The van der Waals surface area contributed by atoms with Crippen molar-refractivity contribution in [1.82, 2.24) is 5.43 Å². The molecule has 1 N–H and O–H groups in total. The lowest BCUT2D eigenvalue weighted by atomic mass is 10.2. The molecule has 0 aliphatic rings. The van der Waals surface area contributed by atoms with Crippen molar-refractivity contribution >= 4 is 39.7 Å². The normalized spacial score (nSPS) is 10.5. The first-order valence-corrected chi connectivity index (χ1v) is 8.84. The van der Waals surface area contributed by atoms with Gasteiger partial charge in [-0.3, -0.25) is 19.7 Å². The van der Waals surface area contributed by atoms with Crippen LogP contribution in [0.4, 0.5) is 5.69 Å². The topological polar surface area (TPSA) is 120 Å².